The summed E-state index contributed by atoms with van der Waals surface area (Å²) in [5.74, 6) is -1.59. The number of aryl methyl sites for hydroxylation is 1. The molecule has 0 bridgehead atoms. The molecule has 1 N–H and O–H groups in total. The highest BCUT2D eigenvalue weighted by Gasteiger charge is 2.32. The number of pyridine rings is 1. The van der Waals surface area contributed by atoms with Gasteiger partial charge in [0.05, 0.1) is 5.56 Å². The molecule has 3 rings (SSSR count). The molecule has 134 valence electrons. The number of carbonyl (C=O) groups is 2. The van der Waals surface area contributed by atoms with Crippen LogP contribution in [0.15, 0.2) is 36.5 Å². The van der Waals surface area contributed by atoms with Gasteiger partial charge >= 0.3 is 12.1 Å². The maximum Gasteiger partial charge on any atom is 0.416 e. The highest BCUT2D eigenvalue weighted by Crippen LogP contribution is 2.37. The van der Waals surface area contributed by atoms with E-state index in [2.05, 4.69) is 9.97 Å². The minimum atomic E-state index is -4.57. The van der Waals surface area contributed by atoms with Crippen molar-refractivity contribution in [3.05, 3.63) is 59.0 Å². The molecule has 3 aromatic rings. The first-order chi connectivity index (χ1) is 12.2. The third-order valence-corrected chi connectivity index (χ3v) is 3.70. The summed E-state index contributed by atoms with van der Waals surface area (Å²) in [5, 5.41) is -0.00831. The zero-order chi connectivity index (χ0) is 19.1. The number of aromatic nitrogens is 2. The van der Waals surface area contributed by atoms with Crippen LogP contribution in [0.25, 0.3) is 10.9 Å². The van der Waals surface area contributed by atoms with Crippen molar-refractivity contribution < 1.29 is 27.5 Å². The molecular weight excluding hydrogens is 349 g/mol. The van der Waals surface area contributed by atoms with Crippen LogP contribution in [0.3, 0.4) is 0 Å². The van der Waals surface area contributed by atoms with Gasteiger partial charge in [-0.2, -0.15) is 13.2 Å². The molecule has 0 aliphatic carbocycles. The Morgan fingerprint density at radius 1 is 1.15 bits per heavy atom. The normalized spacial score (nSPS) is 11.6. The lowest BCUT2D eigenvalue weighted by molar-refractivity contribution is -0.137. The van der Waals surface area contributed by atoms with Gasteiger partial charge in [0.25, 0.3) is 0 Å². The second kappa shape index (κ2) is 6.29. The molecule has 5 nitrogen and oxygen atoms in total. The van der Waals surface area contributed by atoms with Crippen molar-refractivity contribution >= 4 is 22.7 Å². The van der Waals surface area contributed by atoms with Crippen LogP contribution in [-0.2, 0) is 11.0 Å². The van der Waals surface area contributed by atoms with Crippen LogP contribution in [0.2, 0.25) is 0 Å². The maximum atomic E-state index is 13.0. The van der Waals surface area contributed by atoms with Gasteiger partial charge in [-0.25, -0.2) is 0 Å². The number of hydrogen-bond acceptors (Lipinski definition) is 4. The number of benzene rings is 1. The van der Waals surface area contributed by atoms with Gasteiger partial charge in [-0.15, -0.1) is 0 Å². The first kappa shape index (κ1) is 17.7. The molecular formula is C18H13F3N2O3. The number of carbonyl (C=O) groups excluding carboxylic acids is 2. The van der Waals surface area contributed by atoms with E-state index in [1.807, 2.05) is 0 Å². The first-order valence-corrected chi connectivity index (χ1v) is 7.55. The van der Waals surface area contributed by atoms with Crippen molar-refractivity contribution in [2.24, 2.45) is 0 Å². The summed E-state index contributed by atoms with van der Waals surface area (Å²) in [6.45, 7) is 2.87. The Kier molecular flexibility index (Phi) is 4.27. The summed E-state index contributed by atoms with van der Waals surface area (Å²) in [5.41, 5.74) is 0.0665. The number of ether oxygens (including phenoxy) is 1. The number of halogens is 3. The molecule has 0 amide bonds. The van der Waals surface area contributed by atoms with Crippen molar-refractivity contribution in [3.8, 4) is 5.75 Å². The lowest BCUT2D eigenvalue weighted by atomic mass is 10.1. The quantitative estimate of drug-likeness (QED) is 0.564. The standard InChI is InChI=1S/C18H13F3N2O3/c1-9-5-6-22-14(7-9)16(25)15-17(26-10(2)24)12-8-11(18(19,20)21)3-4-13(12)23-15/h3-8,23H,1-2H3. The summed E-state index contributed by atoms with van der Waals surface area (Å²) >= 11 is 0. The Hall–Kier alpha value is -3.16. The Bertz CT molecular complexity index is 1020. The fraction of sp³-hybridized carbons (Fsp3) is 0.167. The van der Waals surface area contributed by atoms with Crippen molar-refractivity contribution in [3.63, 3.8) is 0 Å². The number of esters is 1. The number of nitrogens with one attached hydrogen (secondary N) is 1. The molecule has 0 unspecified atom stereocenters. The second-order valence-electron chi connectivity index (χ2n) is 5.73. The van der Waals surface area contributed by atoms with Crippen LogP contribution in [0.5, 0.6) is 5.75 Å². The molecule has 2 aromatic heterocycles. The van der Waals surface area contributed by atoms with E-state index in [-0.39, 0.29) is 28.0 Å². The van der Waals surface area contributed by atoms with E-state index in [1.165, 1.54) is 18.3 Å². The van der Waals surface area contributed by atoms with Crippen molar-refractivity contribution in [2.45, 2.75) is 20.0 Å². The molecule has 26 heavy (non-hydrogen) atoms. The predicted octanol–water partition coefficient (Wildman–Crippen LogP) is 4.05. The van der Waals surface area contributed by atoms with Gasteiger partial charge in [0.15, 0.2) is 5.75 Å². The monoisotopic (exact) mass is 362 g/mol. The Morgan fingerprint density at radius 3 is 2.50 bits per heavy atom. The molecule has 0 aliphatic heterocycles. The summed E-state index contributed by atoms with van der Waals surface area (Å²) in [6, 6.07) is 6.14. The predicted molar refractivity (Wildman–Crippen MR) is 87.0 cm³/mol. The number of hydrogen-bond donors (Lipinski definition) is 1. The Morgan fingerprint density at radius 2 is 1.88 bits per heavy atom. The lowest BCUT2D eigenvalue weighted by Crippen LogP contribution is -2.09. The summed E-state index contributed by atoms with van der Waals surface area (Å²) < 4.78 is 44.0. The molecule has 0 aliphatic rings. The van der Waals surface area contributed by atoms with Gasteiger partial charge in [0.2, 0.25) is 5.78 Å². The third kappa shape index (κ3) is 3.30. The van der Waals surface area contributed by atoms with E-state index < -0.39 is 23.5 Å². The summed E-state index contributed by atoms with van der Waals surface area (Å²) in [6.07, 6.45) is -3.13. The number of H-pyrrole nitrogens is 1. The SMILES string of the molecule is CC(=O)Oc1c(C(=O)c2cc(C)ccn2)[nH]c2ccc(C(F)(F)F)cc12. The molecule has 0 saturated heterocycles. The zero-order valence-electron chi connectivity index (χ0n) is 13.8. The number of ketones is 1. The van der Waals surface area contributed by atoms with Crippen molar-refractivity contribution in [1.82, 2.24) is 9.97 Å². The van der Waals surface area contributed by atoms with Crippen LogP contribution >= 0.6 is 0 Å². The van der Waals surface area contributed by atoms with Gasteiger partial charge in [-0.1, -0.05) is 0 Å². The van der Waals surface area contributed by atoms with Crippen LogP contribution in [0, 0.1) is 6.92 Å². The Balaban J connectivity index is 2.21. The largest absolute Gasteiger partial charge is 0.424 e. The average molecular weight is 362 g/mol. The summed E-state index contributed by atoms with van der Waals surface area (Å²) in [7, 11) is 0. The molecule has 0 atom stereocenters. The smallest absolute Gasteiger partial charge is 0.416 e. The number of alkyl halides is 3. The molecule has 1 aromatic carbocycles. The Labute approximate surface area is 145 Å². The van der Waals surface area contributed by atoms with E-state index >= 15 is 0 Å². The minimum Gasteiger partial charge on any atom is -0.424 e. The average Bonchev–Trinajstić information content (AvgIpc) is 2.90. The highest BCUT2D eigenvalue weighted by molar-refractivity contribution is 6.12. The van der Waals surface area contributed by atoms with Gasteiger partial charge < -0.3 is 9.72 Å². The first-order valence-electron chi connectivity index (χ1n) is 7.55. The van der Waals surface area contributed by atoms with Gasteiger partial charge in [-0.05, 0) is 42.8 Å². The molecule has 2 heterocycles. The maximum absolute atomic E-state index is 13.0. The minimum absolute atomic E-state index is 0.00831. The van der Waals surface area contributed by atoms with E-state index in [9.17, 15) is 22.8 Å². The number of fused-ring (bicyclic) bond motifs is 1. The zero-order valence-corrected chi connectivity index (χ0v) is 13.8. The van der Waals surface area contributed by atoms with Crippen molar-refractivity contribution in [2.75, 3.05) is 0 Å². The fourth-order valence-corrected chi connectivity index (χ4v) is 2.54. The van der Waals surface area contributed by atoms with E-state index in [4.69, 9.17) is 4.74 Å². The highest BCUT2D eigenvalue weighted by atomic mass is 19.4. The van der Waals surface area contributed by atoms with Crippen molar-refractivity contribution in [1.29, 1.82) is 0 Å². The van der Waals surface area contributed by atoms with E-state index in [1.54, 1.807) is 13.0 Å². The molecule has 0 spiro atoms. The number of nitrogens with zero attached hydrogens (tertiary/aromatic N) is 1. The summed E-state index contributed by atoms with van der Waals surface area (Å²) in [4.78, 5) is 30.9. The van der Waals surface area contributed by atoms with E-state index in [0.29, 0.717) is 0 Å². The molecule has 0 saturated carbocycles. The van der Waals surface area contributed by atoms with Gasteiger partial charge in [0, 0.05) is 24.0 Å². The molecule has 8 heteroatoms. The van der Waals surface area contributed by atoms with Gasteiger partial charge in [0.1, 0.15) is 11.4 Å². The fourth-order valence-electron chi connectivity index (χ4n) is 2.54. The van der Waals surface area contributed by atoms with Crippen LogP contribution in [0.4, 0.5) is 13.2 Å². The van der Waals surface area contributed by atoms with Gasteiger partial charge in [-0.3, -0.25) is 14.6 Å². The molecule has 0 fully saturated rings. The number of aromatic amines is 1. The van der Waals surface area contributed by atoms with Crippen LogP contribution in [-0.4, -0.2) is 21.7 Å². The second-order valence-corrected chi connectivity index (χ2v) is 5.73. The molecule has 0 radical (unpaired) electrons. The topological polar surface area (TPSA) is 72.1 Å². The van der Waals surface area contributed by atoms with Crippen LogP contribution in [0.1, 0.15) is 34.2 Å². The number of rotatable bonds is 3. The lowest BCUT2D eigenvalue weighted by Gasteiger charge is -2.07. The van der Waals surface area contributed by atoms with E-state index in [0.717, 1.165) is 24.6 Å². The third-order valence-electron chi connectivity index (χ3n) is 3.70. The van der Waals surface area contributed by atoms with Crippen LogP contribution < -0.4 is 4.74 Å².